The van der Waals surface area contributed by atoms with Crippen LogP contribution in [0, 0.1) is 0 Å². The number of carbonyl (C=O) groups excluding carboxylic acids is 3. The zero-order chi connectivity index (χ0) is 23.3. The molecule has 0 aliphatic rings. The van der Waals surface area contributed by atoms with Gasteiger partial charge in [0.1, 0.15) is 12.2 Å². The van der Waals surface area contributed by atoms with Gasteiger partial charge in [-0.25, -0.2) is 9.59 Å². The molecule has 0 radical (unpaired) electrons. The van der Waals surface area contributed by atoms with E-state index in [-0.39, 0.29) is 19.0 Å². The number of halogens is 1. The molecule has 0 spiro atoms. The third-order valence-corrected chi connectivity index (χ3v) is 4.18. The first-order valence-electron chi connectivity index (χ1n) is 10.5. The van der Waals surface area contributed by atoms with Crippen LogP contribution < -0.4 is 15.5 Å². The van der Waals surface area contributed by atoms with Gasteiger partial charge in [0.2, 0.25) is 0 Å². The Kier molecular flexibility index (Phi) is 10.7. The van der Waals surface area contributed by atoms with Crippen molar-refractivity contribution in [1.82, 2.24) is 5.32 Å². The summed E-state index contributed by atoms with van der Waals surface area (Å²) in [4.78, 5) is 36.9. The van der Waals surface area contributed by atoms with Crippen LogP contribution in [0.15, 0.2) is 24.3 Å². The second-order valence-corrected chi connectivity index (χ2v) is 8.63. The maximum absolute atomic E-state index is 12.4. The van der Waals surface area contributed by atoms with Crippen molar-refractivity contribution in [3.63, 3.8) is 0 Å². The van der Waals surface area contributed by atoms with Crippen molar-refractivity contribution in [2.75, 3.05) is 34.8 Å². The van der Waals surface area contributed by atoms with Crippen LogP contribution in [0.4, 0.5) is 21.0 Å². The monoisotopic (exact) mass is 535 g/mol. The van der Waals surface area contributed by atoms with Crippen molar-refractivity contribution in [3.05, 3.63) is 24.3 Å². The fourth-order valence-corrected chi connectivity index (χ4v) is 2.57. The Hall–Kier alpha value is -2.04. The summed E-state index contributed by atoms with van der Waals surface area (Å²) in [5.74, 6) is -0.189. The van der Waals surface area contributed by atoms with Crippen molar-refractivity contribution in [2.24, 2.45) is 0 Å². The van der Waals surface area contributed by atoms with Gasteiger partial charge in [0.15, 0.2) is 0 Å². The molecular weight excluding hydrogens is 501 g/mol. The Morgan fingerprint density at radius 1 is 1.13 bits per heavy atom. The summed E-state index contributed by atoms with van der Waals surface area (Å²) in [7, 11) is -0.243. The summed E-state index contributed by atoms with van der Waals surface area (Å²) in [6, 6.07) is 6.23. The van der Waals surface area contributed by atoms with E-state index in [2.05, 4.69) is 33.2 Å². The molecule has 8 nitrogen and oxygen atoms in total. The molecule has 1 aromatic carbocycles. The van der Waals surface area contributed by atoms with Gasteiger partial charge in [-0.1, -0.05) is 29.0 Å². The number of anilines is 2. The first kappa shape index (κ1) is 24.2. The molecule has 30 heavy (non-hydrogen) atoms. The lowest BCUT2D eigenvalue weighted by Gasteiger charge is -2.20. The molecule has 168 valence electrons. The number of unbranched alkanes of at least 4 members (excludes halogenated alkanes) is 2. The molecular formula is C21H32IN3O5. The van der Waals surface area contributed by atoms with E-state index in [0.29, 0.717) is 37.4 Å². The van der Waals surface area contributed by atoms with Crippen LogP contribution in [-0.4, -0.2) is 48.3 Å². The number of hydrogen-bond donors (Lipinski definition) is 2. The highest BCUT2D eigenvalue weighted by atomic mass is 127. The fourth-order valence-electron chi connectivity index (χ4n) is 2.35. The van der Waals surface area contributed by atoms with E-state index in [0.717, 1.165) is 17.3 Å². The lowest BCUT2D eigenvalue weighted by atomic mass is 10.2. The number of ether oxygens (including phenoxy) is 2. The zero-order valence-corrected chi connectivity index (χ0v) is 20.0. The minimum Gasteiger partial charge on any atom is -0.465 e. The number of carbonyl (C=O) groups is 3. The SMILES string of the molecule is [3H]CN(C(=O)NCCCCCC(=O)OCCI)c1ccc(NC(=O)OC(C)(C)C)cc1. The first-order chi connectivity index (χ1) is 14.7. The lowest BCUT2D eigenvalue weighted by molar-refractivity contribution is -0.143. The Labute approximate surface area is 193 Å². The van der Waals surface area contributed by atoms with Gasteiger partial charge in [-0.3, -0.25) is 15.0 Å². The molecule has 3 amide bonds. The molecule has 0 fully saturated rings. The molecule has 0 heterocycles. The largest absolute Gasteiger partial charge is 0.465 e. The number of amides is 3. The standard InChI is InChI=1S/C21H32IN3O5/c1-21(2,3)30-20(28)24-16-9-11-17(12-10-16)25(4)19(27)23-14-7-5-6-8-18(26)29-15-13-22/h9-12H,5-8,13-15H2,1-4H3,(H,23,27)(H,24,28)/i4T. The normalized spacial score (nSPS) is 11.3. The van der Waals surface area contributed by atoms with E-state index in [1.807, 2.05) is 0 Å². The lowest BCUT2D eigenvalue weighted by Crippen LogP contribution is -2.37. The Morgan fingerprint density at radius 2 is 1.83 bits per heavy atom. The fraction of sp³-hybridized carbons (Fsp3) is 0.571. The summed E-state index contributed by atoms with van der Waals surface area (Å²) in [5.41, 5.74) is 0.475. The van der Waals surface area contributed by atoms with Crippen LogP contribution in [0.25, 0.3) is 0 Å². The van der Waals surface area contributed by atoms with E-state index in [9.17, 15) is 14.4 Å². The van der Waals surface area contributed by atoms with Gasteiger partial charge in [0, 0.05) is 37.2 Å². The van der Waals surface area contributed by atoms with Crippen LogP contribution >= 0.6 is 22.6 Å². The topological polar surface area (TPSA) is 97.0 Å². The van der Waals surface area contributed by atoms with E-state index < -0.39 is 11.7 Å². The predicted molar refractivity (Wildman–Crippen MR) is 126 cm³/mol. The summed E-state index contributed by atoms with van der Waals surface area (Å²) >= 11 is 2.15. The molecule has 0 unspecified atom stereocenters. The highest BCUT2D eigenvalue weighted by Gasteiger charge is 2.16. The van der Waals surface area contributed by atoms with Gasteiger partial charge in [-0.2, -0.15) is 0 Å². The maximum atomic E-state index is 12.4. The number of benzene rings is 1. The smallest absolute Gasteiger partial charge is 0.412 e. The zero-order valence-electron chi connectivity index (χ0n) is 18.8. The molecule has 0 aromatic heterocycles. The summed E-state index contributed by atoms with van der Waals surface area (Å²) in [5, 5.41) is 5.41. The number of urea groups is 1. The number of rotatable bonds is 10. The molecule has 1 rings (SSSR count). The van der Waals surface area contributed by atoms with Gasteiger partial charge in [0.25, 0.3) is 0 Å². The van der Waals surface area contributed by atoms with Gasteiger partial charge in [-0.15, -0.1) is 0 Å². The maximum Gasteiger partial charge on any atom is 0.412 e. The van der Waals surface area contributed by atoms with Crippen LogP contribution in [0.2, 0.25) is 0 Å². The highest BCUT2D eigenvalue weighted by molar-refractivity contribution is 14.1. The average molecular weight is 535 g/mol. The Balaban J connectivity index is 2.41. The molecule has 1 aromatic rings. The van der Waals surface area contributed by atoms with Crippen LogP contribution in [0.1, 0.15) is 47.8 Å². The molecule has 0 saturated heterocycles. The molecule has 9 heteroatoms. The highest BCUT2D eigenvalue weighted by Crippen LogP contribution is 2.18. The van der Waals surface area contributed by atoms with Gasteiger partial charge in [-0.05, 0) is 57.9 Å². The molecule has 0 aliphatic heterocycles. The third-order valence-electron chi connectivity index (χ3n) is 3.74. The van der Waals surface area contributed by atoms with E-state index >= 15 is 0 Å². The Morgan fingerprint density at radius 3 is 2.43 bits per heavy atom. The van der Waals surface area contributed by atoms with Gasteiger partial charge >= 0.3 is 18.1 Å². The average Bonchev–Trinajstić information content (AvgIpc) is 2.69. The number of nitrogens with zero attached hydrogens (tertiary/aromatic N) is 1. The third kappa shape index (κ3) is 11.2. The van der Waals surface area contributed by atoms with E-state index in [4.69, 9.17) is 10.8 Å². The number of esters is 1. The van der Waals surface area contributed by atoms with Crippen molar-refractivity contribution in [2.45, 2.75) is 52.1 Å². The summed E-state index contributed by atoms with van der Waals surface area (Å²) in [6.45, 7) is 6.23. The van der Waals surface area contributed by atoms with E-state index in [1.165, 1.54) is 4.90 Å². The molecule has 0 saturated carbocycles. The van der Waals surface area contributed by atoms with Crippen LogP contribution in [0.5, 0.6) is 0 Å². The second kappa shape index (κ2) is 13.3. The summed E-state index contributed by atoms with van der Waals surface area (Å²) in [6.07, 6.45) is 2.06. The van der Waals surface area contributed by atoms with Crippen molar-refractivity contribution in [1.29, 1.82) is 0 Å². The minimum absolute atomic E-state index is 0.189. The first-order valence-corrected chi connectivity index (χ1v) is 11.3. The van der Waals surface area contributed by atoms with Crippen molar-refractivity contribution < 1.29 is 25.2 Å². The van der Waals surface area contributed by atoms with Crippen molar-refractivity contribution >= 4 is 52.1 Å². The van der Waals surface area contributed by atoms with Crippen LogP contribution in [-0.2, 0) is 14.3 Å². The molecule has 0 atom stereocenters. The van der Waals surface area contributed by atoms with Gasteiger partial charge in [0.05, 0.1) is 0 Å². The van der Waals surface area contributed by atoms with Crippen LogP contribution in [0.3, 0.4) is 0 Å². The predicted octanol–water partition coefficient (Wildman–Crippen LogP) is 4.72. The van der Waals surface area contributed by atoms with E-state index in [1.54, 1.807) is 45.0 Å². The quantitative estimate of drug-likeness (QED) is 0.196. The van der Waals surface area contributed by atoms with Crippen molar-refractivity contribution in [3.8, 4) is 0 Å². The number of nitrogens with one attached hydrogen (secondary N) is 2. The molecule has 2 N–H and O–H groups in total. The Bertz CT molecular complexity index is 710. The minimum atomic E-state index is -0.595. The number of alkyl halides is 1. The van der Waals surface area contributed by atoms with Gasteiger partial charge < -0.3 is 14.8 Å². The molecule has 0 bridgehead atoms. The number of hydrogen-bond acceptors (Lipinski definition) is 5. The summed E-state index contributed by atoms with van der Waals surface area (Å²) < 4.78 is 18.7. The second-order valence-electron chi connectivity index (χ2n) is 7.55. The molecule has 0 aliphatic carbocycles.